The number of amides is 2. The van der Waals surface area contributed by atoms with E-state index in [0.29, 0.717) is 29.1 Å². The predicted molar refractivity (Wildman–Crippen MR) is 151 cm³/mol. The van der Waals surface area contributed by atoms with Gasteiger partial charge in [-0.15, -0.1) is 0 Å². The molecule has 7 heteroatoms. The monoisotopic (exact) mass is 544 g/mol. The Morgan fingerprint density at radius 3 is 2.10 bits per heavy atom. The van der Waals surface area contributed by atoms with Crippen LogP contribution in [0.25, 0.3) is 0 Å². The third-order valence-corrected chi connectivity index (χ3v) is 6.65. The van der Waals surface area contributed by atoms with Crippen LogP contribution >= 0.6 is 11.6 Å². The number of nitrogens with zero attached hydrogens (tertiary/aromatic N) is 1. The van der Waals surface area contributed by atoms with Crippen LogP contribution in [0, 0.1) is 5.82 Å². The van der Waals surface area contributed by atoms with Crippen molar-refractivity contribution in [3.63, 3.8) is 0 Å². The van der Waals surface area contributed by atoms with Crippen LogP contribution in [-0.4, -0.2) is 30.4 Å². The van der Waals surface area contributed by atoms with E-state index in [1.54, 1.807) is 48.4 Å². The minimum absolute atomic E-state index is 0.0842. The van der Waals surface area contributed by atoms with Gasteiger partial charge in [-0.1, -0.05) is 78.3 Å². The van der Waals surface area contributed by atoms with Crippen LogP contribution in [0.15, 0.2) is 103 Å². The Bertz CT molecular complexity index is 1360. The second kappa shape index (κ2) is 13.6. The van der Waals surface area contributed by atoms with Gasteiger partial charge in [0.15, 0.2) is 0 Å². The lowest BCUT2D eigenvalue weighted by Crippen LogP contribution is -2.44. The van der Waals surface area contributed by atoms with Gasteiger partial charge in [-0.3, -0.25) is 9.59 Å². The second-order valence-corrected chi connectivity index (χ2v) is 9.59. The lowest BCUT2D eigenvalue weighted by molar-refractivity contribution is -0.141. The summed E-state index contributed by atoms with van der Waals surface area (Å²) in [5, 5.41) is 3.60. The van der Waals surface area contributed by atoms with E-state index >= 15 is 0 Å². The number of benzene rings is 4. The molecule has 1 unspecified atom stereocenters. The van der Waals surface area contributed by atoms with Gasteiger partial charge in [-0.2, -0.15) is 0 Å². The highest BCUT2D eigenvalue weighted by Gasteiger charge is 2.31. The van der Waals surface area contributed by atoms with Crippen molar-refractivity contribution in [3.8, 4) is 5.75 Å². The molecule has 2 amide bonds. The molecular formula is C32H30ClFN2O3. The molecule has 4 aromatic carbocycles. The Balaban J connectivity index is 1.59. The van der Waals surface area contributed by atoms with E-state index < -0.39 is 6.04 Å². The Hall–Kier alpha value is -4.16. The number of carbonyl (C=O) groups is 2. The summed E-state index contributed by atoms with van der Waals surface area (Å²) in [7, 11) is 1.62. The fraction of sp³-hybridized carbons (Fsp3) is 0.188. The molecule has 0 heterocycles. The summed E-state index contributed by atoms with van der Waals surface area (Å²) in [6, 6.07) is 29.0. The van der Waals surface area contributed by atoms with Crippen LogP contribution in [0.3, 0.4) is 0 Å². The van der Waals surface area contributed by atoms with E-state index in [-0.39, 0.29) is 30.6 Å². The average molecular weight is 545 g/mol. The summed E-state index contributed by atoms with van der Waals surface area (Å²) in [5.41, 5.74) is 3.23. The zero-order valence-corrected chi connectivity index (χ0v) is 22.4. The Kier molecular flexibility index (Phi) is 9.70. The Labute approximate surface area is 233 Å². The van der Waals surface area contributed by atoms with Gasteiger partial charge < -0.3 is 15.0 Å². The highest BCUT2D eigenvalue weighted by atomic mass is 35.5. The molecule has 0 fully saturated rings. The van der Waals surface area contributed by atoms with Gasteiger partial charge in [-0.05, 0) is 65.1 Å². The number of hydrogen-bond acceptors (Lipinski definition) is 3. The minimum atomic E-state index is -0.882. The molecule has 0 spiro atoms. The summed E-state index contributed by atoms with van der Waals surface area (Å²) in [5.74, 6) is -0.127. The van der Waals surface area contributed by atoms with Crippen molar-refractivity contribution in [3.05, 3.63) is 136 Å². The lowest BCUT2D eigenvalue weighted by atomic mass is 10.0. The van der Waals surface area contributed by atoms with Gasteiger partial charge in [0.1, 0.15) is 17.6 Å². The Morgan fingerprint density at radius 2 is 1.46 bits per heavy atom. The van der Waals surface area contributed by atoms with Gasteiger partial charge in [0, 0.05) is 18.1 Å². The van der Waals surface area contributed by atoms with Gasteiger partial charge in [0.2, 0.25) is 11.8 Å². The molecule has 0 aliphatic rings. The summed E-state index contributed by atoms with van der Waals surface area (Å²) >= 11 is 6.03. The molecule has 0 radical (unpaired) electrons. The molecule has 39 heavy (non-hydrogen) atoms. The van der Waals surface area contributed by atoms with Gasteiger partial charge in [-0.25, -0.2) is 4.39 Å². The van der Waals surface area contributed by atoms with Crippen molar-refractivity contribution < 1.29 is 18.7 Å². The molecule has 1 N–H and O–H groups in total. The van der Waals surface area contributed by atoms with Crippen molar-refractivity contribution in [2.45, 2.75) is 25.4 Å². The predicted octanol–water partition coefficient (Wildman–Crippen LogP) is 6.16. The second-order valence-electron chi connectivity index (χ2n) is 9.15. The molecule has 0 bridgehead atoms. The number of ether oxygens (including phenoxy) is 1. The maximum absolute atomic E-state index is 13.8. The van der Waals surface area contributed by atoms with Crippen molar-refractivity contribution in [1.29, 1.82) is 0 Å². The van der Waals surface area contributed by atoms with E-state index in [0.717, 1.165) is 16.9 Å². The van der Waals surface area contributed by atoms with Crippen LogP contribution in [-0.2, 0) is 29.0 Å². The minimum Gasteiger partial charge on any atom is -0.497 e. The number of carbonyl (C=O) groups excluding carboxylic acids is 2. The van der Waals surface area contributed by atoms with Crippen LogP contribution in [0.5, 0.6) is 5.75 Å². The maximum Gasteiger partial charge on any atom is 0.247 e. The van der Waals surface area contributed by atoms with Gasteiger partial charge in [0.05, 0.1) is 13.5 Å². The van der Waals surface area contributed by atoms with Crippen molar-refractivity contribution in [2.75, 3.05) is 13.7 Å². The van der Waals surface area contributed by atoms with Crippen LogP contribution < -0.4 is 10.1 Å². The van der Waals surface area contributed by atoms with Crippen LogP contribution in [0.2, 0.25) is 5.02 Å². The maximum atomic E-state index is 13.8. The highest BCUT2D eigenvalue weighted by Crippen LogP contribution is 2.25. The molecule has 0 aliphatic carbocycles. The van der Waals surface area contributed by atoms with E-state index in [1.807, 2.05) is 54.6 Å². The van der Waals surface area contributed by atoms with E-state index in [2.05, 4.69) is 5.32 Å². The topological polar surface area (TPSA) is 58.6 Å². The fourth-order valence-corrected chi connectivity index (χ4v) is 4.44. The first-order valence-electron chi connectivity index (χ1n) is 12.7. The summed E-state index contributed by atoms with van der Waals surface area (Å²) < 4.78 is 18.8. The number of rotatable bonds is 11. The number of hydrogen-bond donors (Lipinski definition) is 1. The van der Waals surface area contributed by atoms with Crippen molar-refractivity contribution in [1.82, 2.24) is 10.2 Å². The zero-order chi connectivity index (χ0) is 27.6. The van der Waals surface area contributed by atoms with Crippen molar-refractivity contribution in [2.24, 2.45) is 0 Å². The molecule has 0 aliphatic heterocycles. The molecular weight excluding hydrogens is 515 g/mol. The molecule has 0 saturated carbocycles. The average Bonchev–Trinajstić information content (AvgIpc) is 2.96. The Morgan fingerprint density at radius 1 is 0.846 bits per heavy atom. The first kappa shape index (κ1) is 27.9. The summed E-state index contributed by atoms with van der Waals surface area (Å²) in [4.78, 5) is 29.0. The number of methoxy groups -OCH3 is 1. The smallest absolute Gasteiger partial charge is 0.247 e. The molecule has 4 aromatic rings. The van der Waals surface area contributed by atoms with Gasteiger partial charge >= 0.3 is 0 Å². The van der Waals surface area contributed by atoms with E-state index in [4.69, 9.17) is 16.3 Å². The number of halogens is 2. The summed E-state index contributed by atoms with van der Waals surface area (Å²) in [6.07, 6.45) is 0.703. The molecule has 200 valence electrons. The van der Waals surface area contributed by atoms with E-state index in [9.17, 15) is 14.0 Å². The lowest BCUT2D eigenvalue weighted by Gasteiger charge is -2.32. The molecule has 0 saturated heterocycles. The van der Waals surface area contributed by atoms with Crippen LogP contribution in [0.1, 0.15) is 28.3 Å². The highest BCUT2D eigenvalue weighted by molar-refractivity contribution is 6.30. The number of nitrogens with one attached hydrogen (secondary N) is 1. The summed E-state index contributed by atoms with van der Waals surface area (Å²) in [6.45, 7) is 0.530. The third kappa shape index (κ3) is 7.91. The standard InChI is InChI=1S/C32H30ClFN2O3/c1-39-29-17-11-23(12-18-29)19-20-35-32(38)31(26-5-3-2-4-6-26)36(22-25-9-15-28(34)16-10-25)30(37)21-24-7-13-27(33)14-8-24/h2-18,31H,19-22H2,1H3,(H,35,38). The van der Waals surface area contributed by atoms with Crippen molar-refractivity contribution >= 4 is 23.4 Å². The normalized spacial score (nSPS) is 11.5. The fourth-order valence-electron chi connectivity index (χ4n) is 4.32. The SMILES string of the molecule is COc1ccc(CCNC(=O)C(c2ccccc2)N(Cc2ccc(F)cc2)C(=O)Cc2ccc(Cl)cc2)cc1. The quantitative estimate of drug-likeness (QED) is 0.246. The third-order valence-electron chi connectivity index (χ3n) is 6.40. The van der Waals surface area contributed by atoms with Crippen LogP contribution in [0.4, 0.5) is 4.39 Å². The molecule has 1 atom stereocenters. The van der Waals surface area contributed by atoms with Gasteiger partial charge in [0.25, 0.3) is 0 Å². The first-order chi connectivity index (χ1) is 18.9. The molecule has 5 nitrogen and oxygen atoms in total. The largest absolute Gasteiger partial charge is 0.497 e. The molecule has 4 rings (SSSR count). The first-order valence-corrected chi connectivity index (χ1v) is 13.0. The molecule has 0 aromatic heterocycles. The zero-order valence-electron chi connectivity index (χ0n) is 21.6. The van der Waals surface area contributed by atoms with E-state index in [1.165, 1.54) is 12.1 Å².